The lowest BCUT2D eigenvalue weighted by atomic mass is 10.1. The van der Waals surface area contributed by atoms with Crippen LogP contribution in [0, 0.1) is 6.92 Å². The molecule has 0 aliphatic heterocycles. The third kappa shape index (κ3) is 2.79. The summed E-state index contributed by atoms with van der Waals surface area (Å²) < 4.78 is 6.28. The van der Waals surface area contributed by atoms with Crippen LogP contribution in [0.1, 0.15) is 37.2 Å². The number of hydrogen-bond donors (Lipinski definition) is 1. The number of aromatic nitrogens is 2. The maximum atomic E-state index is 5.96. The van der Waals surface area contributed by atoms with Gasteiger partial charge in [0.2, 0.25) is 0 Å². The van der Waals surface area contributed by atoms with Crippen molar-refractivity contribution in [2.24, 2.45) is 5.73 Å². The molecule has 1 aromatic carbocycles. The van der Waals surface area contributed by atoms with Crippen LogP contribution in [0.15, 0.2) is 27.2 Å². The molecule has 0 spiro atoms. The minimum Gasteiger partial charge on any atom is -0.334 e. The summed E-state index contributed by atoms with van der Waals surface area (Å²) in [6.45, 7) is 4.11. The fourth-order valence-electron chi connectivity index (χ4n) is 1.67. The number of nitrogens with two attached hydrogens (primary N) is 1. The second-order valence-corrected chi connectivity index (χ2v) is 5.17. The van der Waals surface area contributed by atoms with Gasteiger partial charge in [-0.15, -0.1) is 0 Å². The van der Waals surface area contributed by atoms with Crippen molar-refractivity contribution in [1.82, 2.24) is 10.1 Å². The van der Waals surface area contributed by atoms with Crippen LogP contribution < -0.4 is 5.73 Å². The van der Waals surface area contributed by atoms with Crippen LogP contribution >= 0.6 is 15.9 Å². The molecule has 0 aliphatic rings. The van der Waals surface area contributed by atoms with E-state index >= 15 is 0 Å². The third-order valence-electron chi connectivity index (χ3n) is 2.79. The van der Waals surface area contributed by atoms with Crippen molar-refractivity contribution < 1.29 is 4.52 Å². The molecule has 1 heterocycles. The van der Waals surface area contributed by atoms with E-state index in [0.29, 0.717) is 11.7 Å². The highest BCUT2D eigenvalue weighted by molar-refractivity contribution is 9.10. The zero-order valence-corrected chi connectivity index (χ0v) is 12.1. The van der Waals surface area contributed by atoms with E-state index in [4.69, 9.17) is 10.3 Å². The maximum absolute atomic E-state index is 5.96. The van der Waals surface area contributed by atoms with Crippen molar-refractivity contribution in [2.45, 2.75) is 32.7 Å². The molecule has 1 unspecified atom stereocenters. The van der Waals surface area contributed by atoms with E-state index in [-0.39, 0.29) is 6.04 Å². The molecule has 4 nitrogen and oxygen atoms in total. The molecule has 5 heteroatoms. The highest BCUT2D eigenvalue weighted by atomic mass is 79.9. The van der Waals surface area contributed by atoms with Crippen LogP contribution in [0.25, 0.3) is 11.5 Å². The van der Waals surface area contributed by atoms with Crippen molar-refractivity contribution in [2.75, 3.05) is 0 Å². The molecule has 0 fully saturated rings. The lowest BCUT2D eigenvalue weighted by molar-refractivity contribution is 0.413. The van der Waals surface area contributed by atoms with E-state index in [1.54, 1.807) is 0 Å². The van der Waals surface area contributed by atoms with Crippen molar-refractivity contribution >= 4 is 15.9 Å². The summed E-state index contributed by atoms with van der Waals surface area (Å²) in [5.41, 5.74) is 8.02. The van der Waals surface area contributed by atoms with Crippen molar-refractivity contribution in [3.8, 4) is 11.5 Å². The molecule has 2 N–H and O–H groups in total. The predicted octanol–water partition coefficient (Wildman–Crippen LogP) is 3.61. The van der Waals surface area contributed by atoms with Gasteiger partial charge < -0.3 is 10.3 Å². The molecule has 96 valence electrons. The first-order chi connectivity index (χ1) is 8.61. The smallest absolute Gasteiger partial charge is 0.258 e. The van der Waals surface area contributed by atoms with Gasteiger partial charge >= 0.3 is 0 Å². The fraction of sp³-hybridized carbons (Fsp3) is 0.385. The van der Waals surface area contributed by atoms with Gasteiger partial charge in [0.1, 0.15) is 0 Å². The molecule has 0 saturated heterocycles. The minimum absolute atomic E-state index is 0.151. The normalized spacial score (nSPS) is 12.7. The molecule has 1 atom stereocenters. The van der Waals surface area contributed by atoms with E-state index in [1.165, 1.54) is 5.56 Å². The van der Waals surface area contributed by atoms with Crippen LogP contribution in [0.5, 0.6) is 0 Å². The van der Waals surface area contributed by atoms with E-state index in [2.05, 4.69) is 33.0 Å². The Labute approximate surface area is 115 Å². The molecule has 2 rings (SSSR count). The first-order valence-electron chi connectivity index (χ1n) is 5.97. The Balaban J connectivity index is 2.26. The van der Waals surface area contributed by atoms with Gasteiger partial charge in [0.15, 0.2) is 5.82 Å². The molecule has 18 heavy (non-hydrogen) atoms. The molecule has 2 aromatic rings. The number of aryl methyl sites for hydroxylation is 1. The maximum Gasteiger partial charge on any atom is 0.258 e. The van der Waals surface area contributed by atoms with Crippen molar-refractivity contribution in [1.29, 1.82) is 0 Å². The topological polar surface area (TPSA) is 64.9 Å². The summed E-state index contributed by atoms with van der Waals surface area (Å²) >= 11 is 3.49. The van der Waals surface area contributed by atoms with Crippen LogP contribution in [-0.4, -0.2) is 10.1 Å². The summed E-state index contributed by atoms with van der Waals surface area (Å²) in [5.74, 6) is 1.08. The zero-order chi connectivity index (χ0) is 13.1. The summed E-state index contributed by atoms with van der Waals surface area (Å²) in [7, 11) is 0. The standard InChI is InChI=1S/C13H16BrN3O/c1-3-4-11(15)12-16-13(18-17-12)9-6-5-8(2)10(14)7-9/h5-7,11H,3-4,15H2,1-2H3. The predicted molar refractivity (Wildman–Crippen MR) is 74.0 cm³/mol. The second kappa shape index (κ2) is 5.63. The van der Waals surface area contributed by atoms with Crippen LogP contribution in [0.2, 0.25) is 0 Å². The van der Waals surface area contributed by atoms with Gasteiger partial charge in [-0.25, -0.2) is 0 Å². The Morgan fingerprint density at radius 3 is 2.89 bits per heavy atom. The molecule has 1 aromatic heterocycles. The van der Waals surface area contributed by atoms with Gasteiger partial charge in [0, 0.05) is 10.0 Å². The lowest BCUT2D eigenvalue weighted by Crippen LogP contribution is -2.11. The fourth-order valence-corrected chi connectivity index (χ4v) is 2.05. The molecule has 0 amide bonds. The number of rotatable bonds is 4. The molecule has 0 bridgehead atoms. The van der Waals surface area contributed by atoms with Crippen molar-refractivity contribution in [3.63, 3.8) is 0 Å². The van der Waals surface area contributed by atoms with Crippen LogP contribution in [-0.2, 0) is 0 Å². The van der Waals surface area contributed by atoms with Crippen molar-refractivity contribution in [3.05, 3.63) is 34.1 Å². The Morgan fingerprint density at radius 1 is 1.44 bits per heavy atom. The minimum atomic E-state index is -0.151. The largest absolute Gasteiger partial charge is 0.334 e. The Bertz CT molecular complexity index is 539. The number of hydrogen-bond acceptors (Lipinski definition) is 4. The van der Waals surface area contributed by atoms with E-state index in [0.717, 1.165) is 22.9 Å². The molecule has 0 aliphatic carbocycles. The summed E-state index contributed by atoms with van der Waals surface area (Å²) in [6.07, 6.45) is 1.86. The Hall–Kier alpha value is -1.20. The van der Waals surface area contributed by atoms with Gasteiger partial charge in [0.25, 0.3) is 5.89 Å². The lowest BCUT2D eigenvalue weighted by Gasteiger charge is -2.02. The van der Waals surface area contributed by atoms with E-state index in [1.807, 2.05) is 25.1 Å². The SMILES string of the molecule is CCCC(N)c1noc(-c2ccc(C)c(Br)c2)n1. The number of halogens is 1. The molecule has 0 saturated carbocycles. The summed E-state index contributed by atoms with van der Waals surface area (Å²) in [6, 6.07) is 5.79. The Morgan fingerprint density at radius 2 is 2.22 bits per heavy atom. The summed E-state index contributed by atoms with van der Waals surface area (Å²) in [5, 5.41) is 3.94. The number of benzene rings is 1. The van der Waals surface area contributed by atoms with Gasteiger partial charge in [-0.1, -0.05) is 40.5 Å². The second-order valence-electron chi connectivity index (χ2n) is 4.32. The van der Waals surface area contributed by atoms with Gasteiger partial charge in [-0.2, -0.15) is 4.98 Å². The van der Waals surface area contributed by atoms with Crippen LogP contribution in [0.3, 0.4) is 0 Å². The average molecular weight is 310 g/mol. The molecular formula is C13H16BrN3O. The average Bonchev–Trinajstić information content (AvgIpc) is 2.82. The van der Waals surface area contributed by atoms with Gasteiger partial charge in [-0.3, -0.25) is 0 Å². The zero-order valence-electron chi connectivity index (χ0n) is 10.5. The molecule has 0 radical (unpaired) electrons. The van der Waals surface area contributed by atoms with Crippen LogP contribution in [0.4, 0.5) is 0 Å². The number of nitrogens with zero attached hydrogens (tertiary/aromatic N) is 2. The van der Waals surface area contributed by atoms with E-state index in [9.17, 15) is 0 Å². The van der Waals surface area contributed by atoms with Gasteiger partial charge in [-0.05, 0) is 31.0 Å². The quantitative estimate of drug-likeness (QED) is 0.937. The third-order valence-corrected chi connectivity index (χ3v) is 3.65. The Kier molecular flexibility index (Phi) is 4.14. The highest BCUT2D eigenvalue weighted by Crippen LogP contribution is 2.25. The van der Waals surface area contributed by atoms with E-state index < -0.39 is 0 Å². The first kappa shape index (κ1) is 13.2. The monoisotopic (exact) mass is 309 g/mol. The van der Waals surface area contributed by atoms with Gasteiger partial charge in [0.05, 0.1) is 6.04 Å². The molecular weight excluding hydrogens is 294 g/mol. The summed E-state index contributed by atoms with van der Waals surface area (Å²) in [4.78, 5) is 4.35. The highest BCUT2D eigenvalue weighted by Gasteiger charge is 2.14. The first-order valence-corrected chi connectivity index (χ1v) is 6.76.